The van der Waals surface area contributed by atoms with Crippen molar-refractivity contribution >= 4 is 23.0 Å². The van der Waals surface area contributed by atoms with Crippen molar-refractivity contribution in [3.63, 3.8) is 0 Å². The number of benzene rings is 1. The lowest BCUT2D eigenvalue weighted by atomic mass is 9.96. The van der Waals surface area contributed by atoms with Crippen molar-refractivity contribution in [1.29, 1.82) is 0 Å². The summed E-state index contributed by atoms with van der Waals surface area (Å²) in [5.41, 5.74) is 0.592. The molecule has 0 amide bonds. The molecule has 1 heterocycles. The molecule has 1 aromatic carbocycles. The van der Waals surface area contributed by atoms with E-state index in [1.165, 1.54) is 12.1 Å². The molecule has 18 heavy (non-hydrogen) atoms. The zero-order valence-corrected chi connectivity index (χ0v) is 10.8. The van der Waals surface area contributed by atoms with Gasteiger partial charge in [-0.1, -0.05) is 18.5 Å². The second-order valence-corrected chi connectivity index (χ2v) is 5.11. The highest BCUT2D eigenvalue weighted by Gasteiger charge is 2.28. The van der Waals surface area contributed by atoms with E-state index < -0.39 is 4.92 Å². The first-order valence-corrected chi connectivity index (χ1v) is 6.24. The minimum atomic E-state index is -0.401. The molecule has 0 aromatic heterocycles. The van der Waals surface area contributed by atoms with Gasteiger partial charge in [0.15, 0.2) is 0 Å². The number of rotatable bonds is 2. The minimum absolute atomic E-state index is 0.0583. The number of hydrogen-bond acceptors (Lipinski definition) is 4. The van der Waals surface area contributed by atoms with Gasteiger partial charge in [0.2, 0.25) is 0 Å². The van der Waals surface area contributed by atoms with Gasteiger partial charge in [-0.2, -0.15) is 0 Å². The smallest absolute Gasteiger partial charge is 0.292 e. The number of piperidine rings is 1. The molecule has 0 spiro atoms. The molecule has 2 atom stereocenters. The van der Waals surface area contributed by atoms with Crippen molar-refractivity contribution in [3.05, 3.63) is 33.3 Å². The molecule has 1 aliphatic rings. The van der Waals surface area contributed by atoms with Crippen LogP contribution in [0.2, 0.25) is 5.02 Å². The van der Waals surface area contributed by atoms with Gasteiger partial charge in [0.1, 0.15) is 5.69 Å². The Hall–Kier alpha value is -1.33. The topological polar surface area (TPSA) is 66.6 Å². The highest BCUT2D eigenvalue weighted by molar-refractivity contribution is 6.31. The molecule has 5 nitrogen and oxygen atoms in total. The van der Waals surface area contributed by atoms with Gasteiger partial charge in [0.05, 0.1) is 11.0 Å². The Morgan fingerprint density at radius 1 is 1.56 bits per heavy atom. The monoisotopic (exact) mass is 270 g/mol. The molecule has 6 heteroatoms. The average molecular weight is 271 g/mol. The molecular formula is C12H15ClN2O3. The summed E-state index contributed by atoms with van der Waals surface area (Å²) in [5, 5.41) is 21.2. The third kappa shape index (κ3) is 2.57. The maximum atomic E-state index is 11.0. The number of nitro groups is 1. The second-order valence-electron chi connectivity index (χ2n) is 4.67. The number of aliphatic hydroxyl groups is 1. The Morgan fingerprint density at radius 3 is 2.89 bits per heavy atom. The highest BCUT2D eigenvalue weighted by Crippen LogP contribution is 2.33. The summed E-state index contributed by atoms with van der Waals surface area (Å²) in [6.07, 6.45) is 0.282. The minimum Gasteiger partial charge on any atom is -0.393 e. The molecule has 0 aliphatic carbocycles. The van der Waals surface area contributed by atoms with Crippen LogP contribution < -0.4 is 4.90 Å². The fourth-order valence-electron chi connectivity index (χ4n) is 2.26. The van der Waals surface area contributed by atoms with E-state index in [0.29, 0.717) is 30.2 Å². The first-order chi connectivity index (χ1) is 8.49. The summed E-state index contributed by atoms with van der Waals surface area (Å²) in [6.45, 7) is 3.14. The van der Waals surface area contributed by atoms with Crippen LogP contribution >= 0.6 is 11.6 Å². The van der Waals surface area contributed by atoms with E-state index in [-0.39, 0.29) is 17.7 Å². The van der Waals surface area contributed by atoms with Crippen LogP contribution in [-0.4, -0.2) is 29.2 Å². The van der Waals surface area contributed by atoms with Crippen molar-refractivity contribution in [3.8, 4) is 0 Å². The van der Waals surface area contributed by atoms with Gasteiger partial charge in [-0.05, 0) is 24.5 Å². The van der Waals surface area contributed by atoms with Gasteiger partial charge < -0.3 is 10.0 Å². The van der Waals surface area contributed by atoms with Crippen molar-refractivity contribution in [2.75, 3.05) is 18.0 Å². The van der Waals surface area contributed by atoms with E-state index in [0.717, 1.165) is 0 Å². The van der Waals surface area contributed by atoms with Crippen molar-refractivity contribution in [2.45, 2.75) is 19.4 Å². The molecule has 0 bridgehead atoms. The molecule has 2 rings (SSSR count). The highest BCUT2D eigenvalue weighted by atomic mass is 35.5. The van der Waals surface area contributed by atoms with Crippen LogP contribution in [-0.2, 0) is 0 Å². The lowest BCUT2D eigenvalue weighted by Crippen LogP contribution is -2.42. The van der Waals surface area contributed by atoms with Crippen LogP contribution in [0.25, 0.3) is 0 Å². The summed E-state index contributed by atoms with van der Waals surface area (Å²) in [6, 6.07) is 4.56. The van der Waals surface area contributed by atoms with E-state index in [4.69, 9.17) is 11.6 Å². The SMILES string of the molecule is CC1CN(c2cc(Cl)ccc2[N+](=O)[O-])CCC1O. The van der Waals surface area contributed by atoms with Crippen molar-refractivity contribution in [2.24, 2.45) is 5.92 Å². The Bertz CT molecular complexity index is 467. The average Bonchev–Trinajstić information content (AvgIpc) is 2.32. The van der Waals surface area contributed by atoms with Crippen LogP contribution in [0.3, 0.4) is 0 Å². The van der Waals surface area contributed by atoms with Crippen LogP contribution in [0.15, 0.2) is 18.2 Å². The number of nitrogens with zero attached hydrogens (tertiary/aromatic N) is 2. The molecule has 1 saturated heterocycles. The summed E-state index contributed by atoms with van der Waals surface area (Å²) in [4.78, 5) is 12.5. The molecule has 1 aliphatic heterocycles. The van der Waals surface area contributed by atoms with Gasteiger partial charge >= 0.3 is 0 Å². The van der Waals surface area contributed by atoms with E-state index in [9.17, 15) is 15.2 Å². The van der Waals surface area contributed by atoms with Crippen molar-refractivity contribution < 1.29 is 10.0 Å². The maximum absolute atomic E-state index is 11.0. The standard InChI is InChI=1S/C12H15ClN2O3/c1-8-7-14(5-4-12(8)16)11-6-9(13)2-3-10(11)15(17)18/h2-3,6,8,12,16H,4-5,7H2,1H3. The Labute approximate surface area is 110 Å². The number of hydrogen-bond donors (Lipinski definition) is 1. The number of halogens is 1. The second kappa shape index (κ2) is 5.12. The summed E-state index contributed by atoms with van der Waals surface area (Å²) in [7, 11) is 0. The number of nitro benzene ring substituents is 1. The quantitative estimate of drug-likeness (QED) is 0.662. The predicted octanol–water partition coefficient (Wildman–Crippen LogP) is 2.46. The van der Waals surface area contributed by atoms with E-state index >= 15 is 0 Å². The first kappa shape index (κ1) is 13.1. The molecule has 2 unspecified atom stereocenters. The Kier molecular flexibility index (Phi) is 3.73. The lowest BCUT2D eigenvalue weighted by Gasteiger charge is -2.35. The summed E-state index contributed by atoms with van der Waals surface area (Å²) >= 11 is 5.91. The van der Waals surface area contributed by atoms with Crippen LogP contribution in [0.5, 0.6) is 0 Å². The Balaban J connectivity index is 2.32. The fourth-order valence-corrected chi connectivity index (χ4v) is 2.42. The fraction of sp³-hybridized carbons (Fsp3) is 0.500. The molecule has 0 radical (unpaired) electrons. The predicted molar refractivity (Wildman–Crippen MR) is 70.1 cm³/mol. The molecule has 98 valence electrons. The van der Waals surface area contributed by atoms with Gasteiger partial charge in [-0.3, -0.25) is 10.1 Å². The third-order valence-electron chi connectivity index (χ3n) is 3.33. The molecule has 1 aromatic rings. The first-order valence-electron chi connectivity index (χ1n) is 5.86. The number of aliphatic hydroxyl groups excluding tert-OH is 1. The summed E-state index contributed by atoms with van der Waals surface area (Å²) < 4.78 is 0. The van der Waals surface area contributed by atoms with Gasteiger partial charge in [-0.15, -0.1) is 0 Å². The molecule has 1 fully saturated rings. The van der Waals surface area contributed by atoms with Crippen molar-refractivity contribution in [1.82, 2.24) is 0 Å². The maximum Gasteiger partial charge on any atom is 0.292 e. The molecular weight excluding hydrogens is 256 g/mol. The van der Waals surface area contributed by atoms with Gasteiger partial charge in [-0.25, -0.2) is 0 Å². The largest absolute Gasteiger partial charge is 0.393 e. The van der Waals surface area contributed by atoms with Crippen LogP contribution in [0.4, 0.5) is 11.4 Å². The lowest BCUT2D eigenvalue weighted by molar-refractivity contribution is -0.384. The van der Waals surface area contributed by atoms with Gasteiger partial charge in [0, 0.05) is 24.2 Å². The summed E-state index contributed by atoms with van der Waals surface area (Å²) in [5.74, 6) is 0.0948. The van der Waals surface area contributed by atoms with E-state index in [1.807, 2.05) is 11.8 Å². The van der Waals surface area contributed by atoms with Crippen LogP contribution in [0.1, 0.15) is 13.3 Å². The third-order valence-corrected chi connectivity index (χ3v) is 3.57. The number of anilines is 1. The van der Waals surface area contributed by atoms with Gasteiger partial charge in [0.25, 0.3) is 5.69 Å². The Morgan fingerprint density at radius 2 is 2.28 bits per heavy atom. The zero-order chi connectivity index (χ0) is 13.3. The van der Waals surface area contributed by atoms with Crippen LogP contribution in [0, 0.1) is 16.0 Å². The zero-order valence-electron chi connectivity index (χ0n) is 10.0. The molecule has 0 saturated carbocycles. The van der Waals surface area contributed by atoms with E-state index in [2.05, 4.69) is 0 Å². The van der Waals surface area contributed by atoms with E-state index in [1.54, 1.807) is 6.07 Å². The molecule has 1 N–H and O–H groups in total. The normalized spacial score (nSPS) is 24.1.